The molecule has 35 heavy (non-hydrogen) atoms. The molecule has 0 radical (unpaired) electrons. The van der Waals surface area contributed by atoms with E-state index in [4.69, 9.17) is 21.0 Å². The summed E-state index contributed by atoms with van der Waals surface area (Å²) >= 11 is 7.67. The second kappa shape index (κ2) is 9.64. The molecule has 1 aliphatic heterocycles. The van der Waals surface area contributed by atoms with Gasteiger partial charge in [0.05, 0.1) is 23.4 Å². The van der Waals surface area contributed by atoms with Crippen molar-refractivity contribution in [1.29, 1.82) is 0 Å². The molecule has 5 rings (SSSR count). The third-order valence-corrected chi connectivity index (χ3v) is 7.17. The van der Waals surface area contributed by atoms with Crippen molar-refractivity contribution >= 4 is 46.2 Å². The molecular weight excluding hydrogens is 478 g/mol. The highest BCUT2D eigenvalue weighted by Crippen LogP contribution is 2.36. The topological polar surface area (TPSA) is 50.7 Å². The quantitative estimate of drug-likeness (QED) is 0.267. The first-order valence-corrected chi connectivity index (χ1v) is 12.4. The Kier molecular flexibility index (Phi) is 6.41. The Bertz CT molecular complexity index is 1450. The van der Waals surface area contributed by atoms with Gasteiger partial charge in [0.25, 0.3) is 5.91 Å². The minimum absolute atomic E-state index is 0.0928. The predicted octanol–water partition coefficient (Wildman–Crippen LogP) is 7.45. The lowest BCUT2D eigenvalue weighted by molar-refractivity contribution is -0.122. The van der Waals surface area contributed by atoms with E-state index in [-0.39, 0.29) is 5.91 Å². The average Bonchev–Trinajstić information content (AvgIpc) is 3.53. The molecule has 3 heterocycles. The lowest BCUT2D eigenvalue weighted by Gasteiger charge is -2.14. The first-order valence-electron chi connectivity index (χ1n) is 11.2. The van der Waals surface area contributed by atoms with Gasteiger partial charge < -0.3 is 8.98 Å². The van der Waals surface area contributed by atoms with Crippen LogP contribution in [-0.4, -0.2) is 20.5 Å². The number of hydrogen-bond donors (Lipinski definition) is 0. The van der Waals surface area contributed by atoms with Gasteiger partial charge in [-0.3, -0.25) is 9.69 Å². The first kappa shape index (κ1) is 23.3. The largest absolute Gasteiger partial charge is 0.467 e. The maximum absolute atomic E-state index is 13.5. The van der Waals surface area contributed by atoms with E-state index in [9.17, 15) is 4.79 Å². The summed E-state index contributed by atoms with van der Waals surface area (Å²) < 4.78 is 7.69. The van der Waals surface area contributed by atoms with Gasteiger partial charge in [-0.2, -0.15) is 0 Å². The number of carbonyl (C=O) groups excluding carboxylic acids is 1. The highest BCUT2D eigenvalue weighted by molar-refractivity contribution is 8.18. The normalized spacial score (nSPS) is 16.1. The Balaban J connectivity index is 1.54. The van der Waals surface area contributed by atoms with Crippen LogP contribution in [-0.2, 0) is 11.3 Å². The van der Waals surface area contributed by atoms with Gasteiger partial charge in [-0.15, -0.1) is 0 Å². The van der Waals surface area contributed by atoms with E-state index in [0.717, 1.165) is 33.9 Å². The molecule has 0 bridgehead atoms. The molecule has 7 heteroatoms. The van der Waals surface area contributed by atoms with Crippen LogP contribution in [0, 0.1) is 20.8 Å². The zero-order valence-corrected chi connectivity index (χ0v) is 21.2. The summed E-state index contributed by atoms with van der Waals surface area (Å²) in [5, 5.41) is 1.32. The van der Waals surface area contributed by atoms with Crippen LogP contribution in [0.1, 0.15) is 28.3 Å². The number of thioether (sulfide) groups is 1. The molecule has 1 fully saturated rings. The Labute approximate surface area is 213 Å². The van der Waals surface area contributed by atoms with E-state index >= 15 is 0 Å². The van der Waals surface area contributed by atoms with Crippen LogP contribution in [0.2, 0.25) is 5.02 Å². The van der Waals surface area contributed by atoms with E-state index in [0.29, 0.717) is 27.4 Å². The van der Waals surface area contributed by atoms with Crippen molar-refractivity contribution in [2.75, 3.05) is 0 Å². The van der Waals surface area contributed by atoms with Crippen molar-refractivity contribution in [3.05, 3.63) is 111 Å². The molecule has 0 N–H and O–H groups in total. The number of rotatable bonds is 5. The smallest absolute Gasteiger partial charge is 0.267 e. The number of benzene rings is 2. The fraction of sp³-hybridized carbons (Fsp3) is 0.143. The molecule has 176 valence electrons. The van der Waals surface area contributed by atoms with Gasteiger partial charge in [0.2, 0.25) is 0 Å². The number of amides is 1. The number of furan rings is 1. The van der Waals surface area contributed by atoms with E-state index in [1.807, 2.05) is 66.7 Å². The zero-order chi connectivity index (χ0) is 24.5. The number of amidine groups is 1. The summed E-state index contributed by atoms with van der Waals surface area (Å²) in [6, 6.07) is 21.3. The number of aromatic nitrogens is 1. The summed E-state index contributed by atoms with van der Waals surface area (Å²) in [4.78, 5) is 20.5. The van der Waals surface area contributed by atoms with E-state index in [1.165, 1.54) is 11.8 Å². The minimum Gasteiger partial charge on any atom is -0.467 e. The summed E-state index contributed by atoms with van der Waals surface area (Å²) in [6.07, 6.45) is 3.56. The molecule has 4 aromatic rings. The maximum Gasteiger partial charge on any atom is 0.267 e. The number of halogens is 1. The summed E-state index contributed by atoms with van der Waals surface area (Å²) in [5.41, 5.74) is 6.05. The Morgan fingerprint density at radius 1 is 1.03 bits per heavy atom. The minimum atomic E-state index is -0.0928. The van der Waals surface area contributed by atoms with Crippen molar-refractivity contribution in [2.45, 2.75) is 27.3 Å². The molecule has 0 spiro atoms. The van der Waals surface area contributed by atoms with Crippen molar-refractivity contribution in [3.63, 3.8) is 0 Å². The van der Waals surface area contributed by atoms with Crippen LogP contribution in [0.3, 0.4) is 0 Å². The molecule has 2 aromatic carbocycles. The molecule has 5 nitrogen and oxygen atoms in total. The summed E-state index contributed by atoms with van der Waals surface area (Å²) in [7, 11) is 0. The third-order valence-electron chi connectivity index (χ3n) is 5.93. The highest BCUT2D eigenvalue weighted by Gasteiger charge is 2.34. The number of carbonyl (C=O) groups is 1. The number of hydrogen-bond acceptors (Lipinski definition) is 4. The lowest BCUT2D eigenvalue weighted by atomic mass is 10.2. The second-order valence-corrected chi connectivity index (χ2v) is 9.85. The molecule has 0 aliphatic carbocycles. The van der Waals surface area contributed by atoms with Crippen LogP contribution in [0.4, 0.5) is 5.69 Å². The molecule has 0 unspecified atom stereocenters. The molecule has 0 saturated carbocycles. The van der Waals surface area contributed by atoms with Crippen LogP contribution < -0.4 is 0 Å². The zero-order valence-electron chi connectivity index (χ0n) is 19.7. The molecule has 1 saturated heterocycles. The Morgan fingerprint density at radius 2 is 1.83 bits per heavy atom. The fourth-order valence-corrected chi connectivity index (χ4v) is 5.33. The molecule has 1 aliphatic rings. The number of aryl methyl sites for hydroxylation is 2. The standard InChI is InChI=1S/C28H24ClN3O2S/c1-18-11-12-22(29)16-25(18)32-19(2)14-21(20(32)3)15-26-27(33)31(17-24-10-7-13-34-24)28(35-26)30-23-8-5-4-6-9-23/h4-16H,17H2,1-3H3/b26-15-,30-28?. The molecular formula is C28H24ClN3O2S. The van der Waals surface area contributed by atoms with Crippen molar-refractivity contribution in [2.24, 2.45) is 4.99 Å². The molecule has 2 aromatic heterocycles. The van der Waals surface area contributed by atoms with Crippen LogP contribution in [0.25, 0.3) is 11.8 Å². The van der Waals surface area contributed by atoms with E-state index in [2.05, 4.69) is 31.4 Å². The summed E-state index contributed by atoms with van der Waals surface area (Å²) in [6.45, 7) is 6.51. The van der Waals surface area contributed by atoms with Crippen LogP contribution in [0.15, 0.2) is 87.3 Å². The predicted molar refractivity (Wildman–Crippen MR) is 143 cm³/mol. The van der Waals surface area contributed by atoms with Crippen molar-refractivity contribution in [3.8, 4) is 5.69 Å². The summed E-state index contributed by atoms with van der Waals surface area (Å²) in [5.74, 6) is 0.611. The Hall–Kier alpha value is -3.48. The third kappa shape index (κ3) is 4.72. The van der Waals surface area contributed by atoms with Gasteiger partial charge in [0, 0.05) is 22.1 Å². The van der Waals surface area contributed by atoms with Crippen molar-refractivity contribution in [1.82, 2.24) is 9.47 Å². The monoisotopic (exact) mass is 501 g/mol. The van der Waals surface area contributed by atoms with Crippen LogP contribution >= 0.6 is 23.4 Å². The first-order chi connectivity index (χ1) is 16.9. The van der Waals surface area contributed by atoms with Crippen molar-refractivity contribution < 1.29 is 9.21 Å². The highest BCUT2D eigenvalue weighted by atomic mass is 35.5. The van der Waals surface area contributed by atoms with Gasteiger partial charge in [-0.25, -0.2) is 4.99 Å². The van der Waals surface area contributed by atoms with Gasteiger partial charge in [-0.05, 0) is 92.2 Å². The van der Waals surface area contributed by atoms with Crippen LogP contribution in [0.5, 0.6) is 0 Å². The lowest BCUT2D eigenvalue weighted by Crippen LogP contribution is -2.28. The SMILES string of the molecule is Cc1ccc(Cl)cc1-n1c(C)cc(/C=C2\SC(=Nc3ccccc3)N(Cc3ccco3)C2=O)c1C. The van der Waals surface area contributed by atoms with Gasteiger partial charge in [-0.1, -0.05) is 35.9 Å². The number of nitrogens with zero attached hydrogens (tertiary/aromatic N) is 3. The van der Waals surface area contributed by atoms with Gasteiger partial charge in [0.15, 0.2) is 5.17 Å². The fourth-order valence-electron chi connectivity index (χ4n) is 4.17. The van der Waals surface area contributed by atoms with E-state index in [1.54, 1.807) is 11.2 Å². The molecule has 0 atom stereocenters. The Morgan fingerprint density at radius 3 is 2.57 bits per heavy atom. The van der Waals surface area contributed by atoms with E-state index < -0.39 is 0 Å². The molecule has 1 amide bonds. The second-order valence-electron chi connectivity index (χ2n) is 8.40. The maximum atomic E-state index is 13.5. The van der Waals surface area contributed by atoms with Gasteiger partial charge in [0.1, 0.15) is 5.76 Å². The average molecular weight is 502 g/mol. The number of aliphatic imine (C=N–C) groups is 1. The van der Waals surface area contributed by atoms with Gasteiger partial charge >= 0.3 is 0 Å². The number of para-hydroxylation sites is 1.